The summed E-state index contributed by atoms with van der Waals surface area (Å²) >= 11 is 12.6. The molecule has 0 saturated heterocycles. The molecule has 0 aliphatic rings. The second-order valence-electron chi connectivity index (χ2n) is 8.06. The smallest absolute Gasteiger partial charge is 0.243 e. The van der Waals surface area contributed by atoms with E-state index >= 15 is 0 Å². The Balaban J connectivity index is 1.89. The average Bonchev–Trinajstić information content (AvgIpc) is 2.83. The molecular weight excluding hydrogens is 509 g/mol. The molecule has 0 spiro atoms. The summed E-state index contributed by atoms with van der Waals surface area (Å²) in [6, 6.07) is 16.3. The Morgan fingerprint density at radius 2 is 1.60 bits per heavy atom. The minimum atomic E-state index is -3.97. The lowest BCUT2D eigenvalue weighted by Gasteiger charge is -2.30. The van der Waals surface area contributed by atoms with Crippen LogP contribution in [0.4, 0.5) is 0 Å². The third-order valence-corrected chi connectivity index (χ3v) is 8.20. The van der Waals surface area contributed by atoms with Gasteiger partial charge in [-0.3, -0.25) is 9.59 Å². The minimum Gasteiger partial charge on any atom is -0.355 e. The molecule has 7 nitrogen and oxygen atoms in total. The minimum absolute atomic E-state index is 0.0560. The van der Waals surface area contributed by atoms with Gasteiger partial charge in [0.15, 0.2) is 0 Å². The zero-order valence-corrected chi connectivity index (χ0v) is 22.0. The van der Waals surface area contributed by atoms with Gasteiger partial charge in [-0.25, -0.2) is 8.42 Å². The van der Waals surface area contributed by atoms with Crippen molar-refractivity contribution in [1.29, 1.82) is 0 Å². The molecule has 1 N–H and O–H groups in total. The molecule has 0 fully saturated rings. The predicted molar refractivity (Wildman–Crippen MR) is 139 cm³/mol. The molecule has 0 aliphatic heterocycles. The number of benzene rings is 3. The highest BCUT2D eigenvalue weighted by atomic mass is 35.5. The fourth-order valence-corrected chi connectivity index (χ4v) is 5.31. The zero-order chi connectivity index (χ0) is 25.8. The SMILES string of the molecule is CCNC(=O)[C@H](C)N(Cc1c(Cl)cccc1Cl)C(=O)CN(C)S(=O)(=O)c1ccc2ccccc2c1. The van der Waals surface area contributed by atoms with Gasteiger partial charge in [0.05, 0.1) is 11.4 Å². The van der Waals surface area contributed by atoms with Gasteiger partial charge in [-0.15, -0.1) is 0 Å². The fraction of sp³-hybridized carbons (Fsp3) is 0.280. The van der Waals surface area contributed by atoms with Gasteiger partial charge in [-0.05, 0) is 48.9 Å². The van der Waals surface area contributed by atoms with E-state index in [0.717, 1.165) is 15.1 Å². The lowest BCUT2D eigenvalue weighted by Crippen LogP contribution is -2.50. The third kappa shape index (κ3) is 6.13. The quantitative estimate of drug-likeness (QED) is 0.442. The summed E-state index contributed by atoms with van der Waals surface area (Å²) in [5, 5.41) is 5.06. The van der Waals surface area contributed by atoms with E-state index < -0.39 is 28.5 Å². The van der Waals surface area contributed by atoms with E-state index in [1.54, 1.807) is 44.2 Å². The normalized spacial score (nSPS) is 12.5. The van der Waals surface area contributed by atoms with Crippen LogP contribution in [-0.4, -0.2) is 55.6 Å². The van der Waals surface area contributed by atoms with Crippen LogP contribution in [0.2, 0.25) is 10.0 Å². The molecule has 0 radical (unpaired) electrons. The van der Waals surface area contributed by atoms with Gasteiger partial charge in [-0.2, -0.15) is 4.31 Å². The van der Waals surface area contributed by atoms with E-state index in [2.05, 4.69) is 5.32 Å². The van der Waals surface area contributed by atoms with Crippen molar-refractivity contribution < 1.29 is 18.0 Å². The van der Waals surface area contributed by atoms with E-state index in [0.29, 0.717) is 22.2 Å². The molecule has 0 bridgehead atoms. The van der Waals surface area contributed by atoms with Gasteiger partial charge in [0, 0.05) is 35.7 Å². The maximum atomic E-state index is 13.4. The van der Waals surface area contributed by atoms with Crippen molar-refractivity contribution >= 4 is 55.8 Å². The van der Waals surface area contributed by atoms with E-state index in [4.69, 9.17) is 23.2 Å². The molecule has 0 unspecified atom stereocenters. The van der Waals surface area contributed by atoms with Crippen molar-refractivity contribution in [2.75, 3.05) is 20.1 Å². The van der Waals surface area contributed by atoms with Crippen LogP contribution in [0, 0.1) is 0 Å². The van der Waals surface area contributed by atoms with Crippen molar-refractivity contribution in [2.45, 2.75) is 31.3 Å². The molecule has 3 aromatic carbocycles. The average molecular weight is 536 g/mol. The van der Waals surface area contributed by atoms with Crippen LogP contribution in [-0.2, 0) is 26.2 Å². The number of carbonyl (C=O) groups is 2. The topological polar surface area (TPSA) is 86.8 Å². The maximum Gasteiger partial charge on any atom is 0.243 e. The number of rotatable bonds is 9. The number of fused-ring (bicyclic) bond motifs is 1. The molecule has 0 saturated carbocycles. The highest BCUT2D eigenvalue weighted by molar-refractivity contribution is 7.89. The highest BCUT2D eigenvalue weighted by Gasteiger charge is 2.31. The third-order valence-electron chi connectivity index (χ3n) is 5.70. The fourth-order valence-electron chi connectivity index (χ4n) is 3.63. The van der Waals surface area contributed by atoms with Gasteiger partial charge in [0.2, 0.25) is 21.8 Å². The molecule has 0 aromatic heterocycles. The van der Waals surface area contributed by atoms with E-state index in [9.17, 15) is 18.0 Å². The first kappa shape index (κ1) is 26.9. The Labute approximate surface area is 215 Å². The van der Waals surface area contributed by atoms with Crippen LogP contribution in [0.15, 0.2) is 65.6 Å². The summed E-state index contributed by atoms with van der Waals surface area (Å²) in [5.41, 5.74) is 0.473. The number of hydrogen-bond donors (Lipinski definition) is 1. The maximum absolute atomic E-state index is 13.4. The Hall–Kier alpha value is -2.65. The van der Waals surface area contributed by atoms with Crippen LogP contribution in [0.3, 0.4) is 0 Å². The Morgan fingerprint density at radius 1 is 0.971 bits per heavy atom. The number of hydrogen-bond acceptors (Lipinski definition) is 4. The summed E-state index contributed by atoms with van der Waals surface area (Å²) < 4.78 is 27.5. The first-order chi connectivity index (χ1) is 16.6. The van der Waals surface area contributed by atoms with Gasteiger partial charge in [0.25, 0.3) is 0 Å². The Morgan fingerprint density at radius 3 is 2.23 bits per heavy atom. The lowest BCUT2D eigenvalue weighted by molar-refractivity contribution is -0.140. The van der Waals surface area contributed by atoms with E-state index in [1.165, 1.54) is 18.0 Å². The molecule has 3 aromatic rings. The number of likely N-dealkylation sites (N-methyl/N-ethyl adjacent to an activating group) is 2. The summed E-state index contributed by atoms with van der Waals surface area (Å²) in [4.78, 5) is 27.3. The molecule has 35 heavy (non-hydrogen) atoms. The van der Waals surface area contributed by atoms with Crippen molar-refractivity contribution in [3.05, 3.63) is 76.3 Å². The standard InChI is InChI=1S/C25H27Cl2N3O4S/c1-4-28-25(32)17(2)30(15-21-22(26)10-7-11-23(21)27)24(31)16-29(3)35(33,34)20-13-12-18-8-5-6-9-19(18)14-20/h5-14,17H,4,15-16H2,1-3H3,(H,28,32)/t17-/m0/s1. The van der Waals surface area contributed by atoms with Crippen molar-refractivity contribution in [2.24, 2.45) is 0 Å². The molecule has 3 rings (SSSR count). The summed E-state index contributed by atoms with van der Waals surface area (Å²) in [7, 11) is -2.64. The number of nitrogens with one attached hydrogen (secondary N) is 1. The molecule has 0 heterocycles. The van der Waals surface area contributed by atoms with Crippen LogP contribution in [0.1, 0.15) is 19.4 Å². The molecular formula is C25H27Cl2N3O4S. The predicted octanol–water partition coefficient (Wildman–Crippen LogP) is 4.32. The number of amides is 2. The largest absolute Gasteiger partial charge is 0.355 e. The van der Waals surface area contributed by atoms with Gasteiger partial charge in [0.1, 0.15) is 6.04 Å². The first-order valence-electron chi connectivity index (χ1n) is 11.0. The summed E-state index contributed by atoms with van der Waals surface area (Å²) in [6.45, 7) is 3.20. The molecule has 0 aliphatic carbocycles. The van der Waals surface area contributed by atoms with Gasteiger partial charge in [-0.1, -0.05) is 59.6 Å². The number of sulfonamides is 1. The number of halogens is 2. The Bertz CT molecular complexity index is 1330. The van der Waals surface area contributed by atoms with E-state index in [-0.39, 0.29) is 17.3 Å². The lowest BCUT2D eigenvalue weighted by atomic mass is 10.1. The molecule has 10 heteroatoms. The highest BCUT2D eigenvalue weighted by Crippen LogP contribution is 2.27. The molecule has 1 atom stereocenters. The summed E-state index contributed by atoms with van der Waals surface area (Å²) in [5.74, 6) is -0.935. The first-order valence-corrected chi connectivity index (χ1v) is 13.2. The second-order valence-corrected chi connectivity index (χ2v) is 10.9. The van der Waals surface area contributed by atoms with Crippen molar-refractivity contribution in [3.8, 4) is 0 Å². The zero-order valence-electron chi connectivity index (χ0n) is 19.7. The van der Waals surface area contributed by atoms with Gasteiger partial charge >= 0.3 is 0 Å². The van der Waals surface area contributed by atoms with Crippen LogP contribution in [0.25, 0.3) is 10.8 Å². The van der Waals surface area contributed by atoms with Crippen LogP contribution >= 0.6 is 23.2 Å². The van der Waals surface area contributed by atoms with Gasteiger partial charge < -0.3 is 10.2 Å². The van der Waals surface area contributed by atoms with Crippen LogP contribution < -0.4 is 5.32 Å². The van der Waals surface area contributed by atoms with Crippen molar-refractivity contribution in [1.82, 2.24) is 14.5 Å². The second kappa shape index (κ2) is 11.4. The Kier molecular flexibility index (Phi) is 8.77. The monoisotopic (exact) mass is 535 g/mol. The molecule has 186 valence electrons. The number of nitrogens with zero attached hydrogens (tertiary/aromatic N) is 2. The van der Waals surface area contributed by atoms with E-state index in [1.807, 2.05) is 24.3 Å². The summed E-state index contributed by atoms with van der Waals surface area (Å²) in [6.07, 6.45) is 0. The van der Waals surface area contributed by atoms with Crippen LogP contribution in [0.5, 0.6) is 0 Å². The molecule has 2 amide bonds. The number of carbonyl (C=O) groups excluding carboxylic acids is 2. The van der Waals surface area contributed by atoms with Crippen molar-refractivity contribution in [3.63, 3.8) is 0 Å².